The minimum atomic E-state index is -1.13. The van der Waals surface area contributed by atoms with Gasteiger partial charge in [0.15, 0.2) is 0 Å². The first-order valence-electron chi connectivity index (χ1n) is 5.16. The van der Waals surface area contributed by atoms with Gasteiger partial charge in [0.05, 0.1) is 18.9 Å². The van der Waals surface area contributed by atoms with Crippen molar-refractivity contribution in [2.75, 3.05) is 0 Å². The topological polar surface area (TPSA) is 115 Å². The Hall–Kier alpha value is -1.89. The van der Waals surface area contributed by atoms with E-state index < -0.39 is 24.0 Å². The third-order valence-corrected chi connectivity index (χ3v) is 2.09. The Kier molecular flexibility index (Phi) is 4.65. The molecule has 4 N–H and O–H groups in total. The predicted octanol–water partition coefficient (Wildman–Crippen LogP) is -0.707. The fraction of sp³-hybridized carbons (Fsp3) is 0.500. The molecule has 0 radical (unpaired) electrons. The van der Waals surface area contributed by atoms with Crippen molar-refractivity contribution in [2.24, 2.45) is 0 Å². The Labute approximate surface area is 97.9 Å². The van der Waals surface area contributed by atoms with Crippen LogP contribution < -0.4 is 5.32 Å². The summed E-state index contributed by atoms with van der Waals surface area (Å²) in [4.78, 5) is 28.8. The third kappa shape index (κ3) is 4.64. The molecule has 0 saturated carbocycles. The number of aliphatic carboxylic acids is 1. The molecule has 0 saturated heterocycles. The third-order valence-electron chi connectivity index (χ3n) is 2.09. The van der Waals surface area contributed by atoms with E-state index in [4.69, 9.17) is 10.2 Å². The molecule has 94 valence electrons. The lowest BCUT2D eigenvalue weighted by molar-refractivity contribution is -0.142. The van der Waals surface area contributed by atoms with E-state index in [2.05, 4.69) is 15.3 Å². The number of aromatic nitrogens is 2. The number of rotatable bonds is 6. The van der Waals surface area contributed by atoms with Gasteiger partial charge in [-0.25, -0.2) is 9.78 Å². The largest absolute Gasteiger partial charge is 0.480 e. The first-order valence-corrected chi connectivity index (χ1v) is 5.16. The molecule has 0 aliphatic heterocycles. The Balaban J connectivity index is 2.55. The fourth-order valence-corrected chi connectivity index (χ4v) is 1.34. The Morgan fingerprint density at radius 1 is 1.59 bits per heavy atom. The van der Waals surface area contributed by atoms with Crippen LogP contribution in [0, 0.1) is 0 Å². The van der Waals surface area contributed by atoms with Crippen molar-refractivity contribution in [1.82, 2.24) is 15.3 Å². The van der Waals surface area contributed by atoms with Gasteiger partial charge >= 0.3 is 5.97 Å². The maximum absolute atomic E-state index is 11.3. The average molecular weight is 241 g/mol. The number of aromatic amines is 1. The molecule has 17 heavy (non-hydrogen) atoms. The van der Waals surface area contributed by atoms with Crippen LogP contribution in [-0.4, -0.2) is 44.2 Å². The summed E-state index contributed by atoms with van der Waals surface area (Å²) in [6.45, 7) is 1.46. The van der Waals surface area contributed by atoms with Crippen LogP contribution in [0.2, 0.25) is 0 Å². The highest BCUT2D eigenvalue weighted by Crippen LogP contribution is 2.00. The van der Waals surface area contributed by atoms with E-state index in [9.17, 15) is 9.59 Å². The van der Waals surface area contributed by atoms with Crippen LogP contribution in [0.4, 0.5) is 0 Å². The van der Waals surface area contributed by atoms with Crippen molar-refractivity contribution in [3.05, 3.63) is 18.2 Å². The monoisotopic (exact) mass is 241 g/mol. The quantitative estimate of drug-likeness (QED) is 0.525. The van der Waals surface area contributed by atoms with Crippen LogP contribution >= 0.6 is 0 Å². The summed E-state index contributed by atoms with van der Waals surface area (Å²) in [5.74, 6) is -1.62. The molecule has 1 rings (SSSR count). The smallest absolute Gasteiger partial charge is 0.326 e. The van der Waals surface area contributed by atoms with Crippen molar-refractivity contribution in [3.63, 3.8) is 0 Å². The van der Waals surface area contributed by atoms with Gasteiger partial charge in [0.2, 0.25) is 5.91 Å². The van der Waals surface area contributed by atoms with Gasteiger partial charge in [0.25, 0.3) is 0 Å². The molecule has 0 bridgehead atoms. The molecule has 2 atom stereocenters. The lowest BCUT2D eigenvalue weighted by atomic mass is 10.1. The summed E-state index contributed by atoms with van der Waals surface area (Å²) in [5, 5.41) is 20.3. The lowest BCUT2D eigenvalue weighted by Crippen LogP contribution is -2.43. The zero-order valence-corrected chi connectivity index (χ0v) is 9.38. The van der Waals surface area contributed by atoms with E-state index in [1.807, 2.05) is 0 Å². The van der Waals surface area contributed by atoms with Gasteiger partial charge in [-0.3, -0.25) is 4.79 Å². The van der Waals surface area contributed by atoms with Crippen LogP contribution in [-0.2, 0) is 16.0 Å². The maximum Gasteiger partial charge on any atom is 0.326 e. The van der Waals surface area contributed by atoms with E-state index in [-0.39, 0.29) is 12.8 Å². The molecular formula is C10H15N3O4. The van der Waals surface area contributed by atoms with Gasteiger partial charge in [-0.15, -0.1) is 0 Å². The second kappa shape index (κ2) is 6.00. The van der Waals surface area contributed by atoms with Crippen molar-refractivity contribution in [1.29, 1.82) is 0 Å². The highest BCUT2D eigenvalue weighted by Gasteiger charge is 2.21. The zero-order valence-electron chi connectivity index (χ0n) is 9.38. The molecule has 0 spiro atoms. The molecule has 0 aliphatic rings. The number of nitrogens with zero attached hydrogens (tertiary/aromatic N) is 1. The van der Waals surface area contributed by atoms with Crippen LogP contribution in [0.5, 0.6) is 0 Å². The molecule has 7 heteroatoms. The van der Waals surface area contributed by atoms with Crippen molar-refractivity contribution in [3.8, 4) is 0 Å². The van der Waals surface area contributed by atoms with Crippen LogP contribution in [0.15, 0.2) is 12.5 Å². The summed E-state index contributed by atoms with van der Waals surface area (Å²) in [7, 11) is 0. The second-order valence-electron chi connectivity index (χ2n) is 3.79. The standard InChI is InChI=1S/C10H15N3O4/c1-6(14)2-9(15)13-8(10(16)17)3-7-4-11-5-12-7/h4-6,8,14H,2-3H2,1H3,(H,11,12)(H,13,15)(H,16,17)/t6?,8-/m0/s1. The minimum Gasteiger partial charge on any atom is -0.480 e. The first kappa shape index (κ1) is 13.2. The zero-order chi connectivity index (χ0) is 12.8. The predicted molar refractivity (Wildman–Crippen MR) is 58.2 cm³/mol. The van der Waals surface area contributed by atoms with Gasteiger partial charge in [-0.2, -0.15) is 0 Å². The molecule has 0 aliphatic carbocycles. The number of hydrogen-bond donors (Lipinski definition) is 4. The number of aliphatic hydroxyl groups excluding tert-OH is 1. The number of hydrogen-bond acceptors (Lipinski definition) is 4. The van der Waals surface area contributed by atoms with E-state index in [0.717, 1.165) is 0 Å². The molecule has 1 unspecified atom stereocenters. The molecule has 7 nitrogen and oxygen atoms in total. The first-order chi connectivity index (χ1) is 7.99. The summed E-state index contributed by atoms with van der Waals surface area (Å²) in [6.07, 6.45) is 2.15. The van der Waals surface area contributed by atoms with Crippen LogP contribution in [0.3, 0.4) is 0 Å². The molecule has 0 fully saturated rings. The van der Waals surface area contributed by atoms with Gasteiger partial charge in [0.1, 0.15) is 6.04 Å². The number of carboxylic acids is 1. The van der Waals surface area contributed by atoms with Crippen LogP contribution in [0.25, 0.3) is 0 Å². The fourth-order valence-electron chi connectivity index (χ4n) is 1.34. The second-order valence-corrected chi connectivity index (χ2v) is 3.79. The average Bonchev–Trinajstić information content (AvgIpc) is 2.67. The number of carboxylic acid groups (broad SMARTS) is 1. The number of carbonyl (C=O) groups excluding carboxylic acids is 1. The number of amides is 1. The molecule has 0 aromatic carbocycles. The maximum atomic E-state index is 11.3. The van der Waals surface area contributed by atoms with E-state index >= 15 is 0 Å². The number of nitrogens with one attached hydrogen (secondary N) is 2. The van der Waals surface area contributed by atoms with Gasteiger partial charge in [-0.05, 0) is 6.92 Å². The van der Waals surface area contributed by atoms with Crippen molar-refractivity contribution < 1.29 is 19.8 Å². The normalized spacial score (nSPS) is 14.0. The van der Waals surface area contributed by atoms with Gasteiger partial charge < -0.3 is 20.5 Å². The number of H-pyrrole nitrogens is 1. The van der Waals surface area contributed by atoms with E-state index in [1.165, 1.54) is 19.4 Å². The van der Waals surface area contributed by atoms with E-state index in [0.29, 0.717) is 5.69 Å². The minimum absolute atomic E-state index is 0.118. The molecule has 1 aromatic rings. The molecule has 1 amide bonds. The van der Waals surface area contributed by atoms with E-state index in [1.54, 1.807) is 0 Å². The van der Waals surface area contributed by atoms with Gasteiger partial charge in [0, 0.05) is 18.3 Å². The number of imidazole rings is 1. The summed E-state index contributed by atoms with van der Waals surface area (Å²) in [5.41, 5.74) is 0.620. The molecule has 1 heterocycles. The highest BCUT2D eigenvalue weighted by molar-refractivity contribution is 5.83. The summed E-state index contributed by atoms with van der Waals surface area (Å²) >= 11 is 0. The summed E-state index contributed by atoms with van der Waals surface area (Å²) < 4.78 is 0. The Bertz CT molecular complexity index is 375. The number of aliphatic hydroxyl groups is 1. The number of carbonyl (C=O) groups is 2. The Morgan fingerprint density at radius 3 is 2.76 bits per heavy atom. The highest BCUT2D eigenvalue weighted by atomic mass is 16.4. The summed E-state index contributed by atoms with van der Waals surface area (Å²) in [6, 6.07) is -1.03. The van der Waals surface area contributed by atoms with Crippen molar-refractivity contribution in [2.45, 2.75) is 31.9 Å². The van der Waals surface area contributed by atoms with Gasteiger partial charge in [-0.1, -0.05) is 0 Å². The SMILES string of the molecule is CC(O)CC(=O)N[C@@H](Cc1cnc[nH]1)C(=O)O. The van der Waals surface area contributed by atoms with Crippen molar-refractivity contribution >= 4 is 11.9 Å². The molecular weight excluding hydrogens is 226 g/mol. The molecule has 1 aromatic heterocycles. The van der Waals surface area contributed by atoms with Crippen LogP contribution in [0.1, 0.15) is 19.0 Å². The Morgan fingerprint density at radius 2 is 2.29 bits per heavy atom. The lowest BCUT2D eigenvalue weighted by Gasteiger charge is -2.14.